The predicted octanol–water partition coefficient (Wildman–Crippen LogP) is 8.34. The summed E-state index contributed by atoms with van der Waals surface area (Å²) in [5, 5.41) is 7.61. The minimum absolute atomic E-state index is 0.108. The van der Waals surface area contributed by atoms with Gasteiger partial charge in [-0.25, -0.2) is 19.6 Å². The number of H-pyrrole nitrogens is 2. The quantitative estimate of drug-likeness (QED) is 0.101. The second kappa shape index (κ2) is 17.9. The van der Waals surface area contributed by atoms with E-state index in [2.05, 4.69) is 88.2 Å². The van der Waals surface area contributed by atoms with Gasteiger partial charge in [-0.3, -0.25) is 9.59 Å². The number of imidazole rings is 2. The van der Waals surface area contributed by atoms with Crippen LogP contribution in [0.1, 0.15) is 75.4 Å². The van der Waals surface area contributed by atoms with E-state index in [1.54, 1.807) is 0 Å². The zero-order valence-corrected chi connectivity index (χ0v) is 35.6. The van der Waals surface area contributed by atoms with Crippen molar-refractivity contribution in [1.82, 2.24) is 40.4 Å². The Morgan fingerprint density at radius 3 is 1.94 bits per heavy atom. The van der Waals surface area contributed by atoms with Gasteiger partial charge in [0.05, 0.1) is 50.1 Å². The number of hydrogen-bond acceptors (Lipinski definition) is 8. The smallest absolute Gasteiger partial charge is 0.407 e. The first-order chi connectivity index (χ1) is 30.0. The van der Waals surface area contributed by atoms with E-state index in [9.17, 15) is 19.2 Å². The molecule has 4 aromatic carbocycles. The SMILES string of the molecule is COC(=O)N[C@H](C(=O)N1CCC[C@H]1c1ncc(-c2ccc(-c3ccc4cc(-c5cnc([C@@H]6C[C@H](C)CN6C(=O)[C@H](NC(=O)OC)c6ccccc6)[nH]5)ccc4c3)cc2)[nH]1)C(C)C. The molecule has 62 heavy (non-hydrogen) atoms. The molecule has 2 aromatic heterocycles. The lowest BCUT2D eigenvalue weighted by molar-refractivity contribution is -0.136. The molecule has 4 amide bonds. The molecule has 6 aromatic rings. The molecule has 4 N–H and O–H groups in total. The fraction of sp³-hybridized carbons (Fsp3) is 0.333. The van der Waals surface area contributed by atoms with Crippen molar-refractivity contribution in [2.45, 2.75) is 64.2 Å². The van der Waals surface area contributed by atoms with E-state index >= 15 is 0 Å². The maximum absolute atomic E-state index is 14.1. The van der Waals surface area contributed by atoms with Gasteiger partial charge in [-0.2, -0.15) is 0 Å². The lowest BCUT2D eigenvalue weighted by atomic mass is 9.98. The molecule has 0 radical (unpaired) electrons. The second-order valence-electron chi connectivity index (χ2n) is 16.6. The van der Waals surface area contributed by atoms with Crippen molar-refractivity contribution in [3.8, 4) is 33.6 Å². The van der Waals surface area contributed by atoms with Crippen molar-refractivity contribution < 1.29 is 28.7 Å². The van der Waals surface area contributed by atoms with Gasteiger partial charge in [0.25, 0.3) is 5.91 Å². The van der Waals surface area contributed by atoms with Crippen LogP contribution >= 0.6 is 0 Å². The monoisotopic (exact) mass is 836 g/mol. The fourth-order valence-electron chi connectivity index (χ4n) is 8.76. The lowest BCUT2D eigenvalue weighted by Crippen LogP contribution is -2.51. The van der Waals surface area contributed by atoms with Crippen molar-refractivity contribution in [2.75, 3.05) is 27.3 Å². The van der Waals surface area contributed by atoms with Crippen molar-refractivity contribution in [2.24, 2.45) is 11.8 Å². The minimum atomic E-state index is -0.893. The number of likely N-dealkylation sites (tertiary alicyclic amines) is 2. The van der Waals surface area contributed by atoms with E-state index in [0.29, 0.717) is 24.5 Å². The first kappa shape index (κ1) is 41.8. The summed E-state index contributed by atoms with van der Waals surface area (Å²) < 4.78 is 9.63. The summed E-state index contributed by atoms with van der Waals surface area (Å²) in [6.45, 7) is 7.05. The van der Waals surface area contributed by atoms with E-state index in [0.717, 1.165) is 69.5 Å². The Labute approximate surface area is 360 Å². The minimum Gasteiger partial charge on any atom is -0.453 e. The average Bonchev–Trinajstić information content (AvgIpc) is 4.14. The Hall–Kier alpha value is -6.96. The molecule has 4 heterocycles. The number of alkyl carbamates (subject to hydrolysis) is 2. The van der Waals surface area contributed by atoms with Crippen LogP contribution in [0.2, 0.25) is 0 Å². The highest BCUT2D eigenvalue weighted by atomic mass is 16.5. The van der Waals surface area contributed by atoms with E-state index in [1.807, 2.05) is 66.4 Å². The highest BCUT2D eigenvalue weighted by Crippen LogP contribution is 2.38. The second-order valence-corrected chi connectivity index (χ2v) is 16.6. The Morgan fingerprint density at radius 2 is 1.27 bits per heavy atom. The van der Waals surface area contributed by atoms with Gasteiger partial charge in [0.1, 0.15) is 23.7 Å². The number of fused-ring (bicyclic) bond motifs is 1. The topological polar surface area (TPSA) is 175 Å². The predicted molar refractivity (Wildman–Crippen MR) is 235 cm³/mol. The summed E-state index contributed by atoms with van der Waals surface area (Å²) in [5.74, 6) is 1.21. The van der Waals surface area contributed by atoms with Crippen LogP contribution in [0.3, 0.4) is 0 Å². The van der Waals surface area contributed by atoms with Gasteiger partial charge in [-0.05, 0) is 76.3 Å². The fourth-order valence-corrected chi connectivity index (χ4v) is 8.76. The summed E-state index contributed by atoms with van der Waals surface area (Å²) in [5.41, 5.74) is 6.51. The number of carbonyl (C=O) groups is 4. The van der Waals surface area contributed by atoms with Crippen LogP contribution < -0.4 is 10.6 Å². The van der Waals surface area contributed by atoms with Crippen LogP contribution in [0, 0.1) is 11.8 Å². The van der Waals surface area contributed by atoms with Crippen LogP contribution in [0.25, 0.3) is 44.4 Å². The van der Waals surface area contributed by atoms with E-state index in [-0.39, 0.29) is 35.7 Å². The number of nitrogens with one attached hydrogen (secondary N) is 4. The molecule has 14 heteroatoms. The van der Waals surface area contributed by atoms with Gasteiger partial charge < -0.3 is 39.9 Å². The third kappa shape index (κ3) is 8.63. The van der Waals surface area contributed by atoms with Gasteiger partial charge in [0.15, 0.2) is 0 Å². The molecule has 0 bridgehead atoms. The Balaban J connectivity index is 0.952. The number of ether oxygens (including phenoxy) is 2. The number of aromatic nitrogens is 4. The molecule has 5 atom stereocenters. The Bertz CT molecular complexity index is 2570. The molecule has 14 nitrogen and oxygen atoms in total. The number of amides is 4. The lowest BCUT2D eigenvalue weighted by Gasteiger charge is -2.30. The molecule has 2 aliphatic heterocycles. The van der Waals surface area contributed by atoms with Crippen molar-refractivity contribution in [3.05, 3.63) is 121 Å². The molecule has 2 aliphatic rings. The molecule has 2 saturated heterocycles. The number of carbonyl (C=O) groups excluding carboxylic acids is 4. The summed E-state index contributed by atoms with van der Waals surface area (Å²) in [7, 11) is 2.58. The standard InChI is InChI=1S/C48H52N8O6/c1-28(2)41(53-47(59)61-4)45(57)55-21-9-12-39(55)43-49-25-37(51-43)31-15-13-30(14-16-31)33-17-18-35-24-36(20-19-34(35)23-33)38-26-50-44(52-38)40-22-29(3)27-56(40)46(58)42(54-48(60)62-5)32-10-7-6-8-11-32/h6-8,10-11,13-20,23-26,28-29,39-42H,9,12,21-22,27H2,1-5H3,(H,49,51)(H,50,52)(H,53,59)(H,54,60)/t29-,39-,40-,41-,42+/m0/s1. The van der Waals surface area contributed by atoms with Crippen LogP contribution in [0.15, 0.2) is 103 Å². The maximum atomic E-state index is 14.1. The zero-order chi connectivity index (χ0) is 43.5. The molecular weight excluding hydrogens is 785 g/mol. The zero-order valence-electron chi connectivity index (χ0n) is 35.6. The number of hydrogen-bond donors (Lipinski definition) is 4. The van der Waals surface area contributed by atoms with Crippen LogP contribution in [-0.2, 0) is 19.1 Å². The first-order valence-corrected chi connectivity index (χ1v) is 21.1. The van der Waals surface area contributed by atoms with Gasteiger partial charge in [0, 0.05) is 18.7 Å². The molecule has 2 fully saturated rings. The molecule has 0 spiro atoms. The number of benzene rings is 4. The molecule has 0 aliphatic carbocycles. The van der Waals surface area contributed by atoms with Gasteiger partial charge >= 0.3 is 12.2 Å². The number of nitrogens with zero attached hydrogens (tertiary/aromatic N) is 4. The van der Waals surface area contributed by atoms with Crippen LogP contribution in [0.5, 0.6) is 0 Å². The van der Waals surface area contributed by atoms with Gasteiger partial charge in [-0.15, -0.1) is 0 Å². The molecule has 0 saturated carbocycles. The van der Waals surface area contributed by atoms with E-state index in [4.69, 9.17) is 19.4 Å². The maximum Gasteiger partial charge on any atom is 0.407 e. The van der Waals surface area contributed by atoms with E-state index < -0.39 is 24.3 Å². The Morgan fingerprint density at radius 1 is 0.694 bits per heavy atom. The summed E-state index contributed by atoms with van der Waals surface area (Å²) in [4.78, 5) is 72.0. The first-order valence-electron chi connectivity index (χ1n) is 21.1. The highest BCUT2D eigenvalue weighted by molar-refractivity contribution is 5.91. The van der Waals surface area contributed by atoms with Gasteiger partial charge in [-0.1, -0.05) is 99.6 Å². The largest absolute Gasteiger partial charge is 0.453 e. The molecule has 320 valence electrons. The number of rotatable bonds is 11. The third-order valence-corrected chi connectivity index (χ3v) is 12.1. The normalized spacial score (nSPS) is 18.5. The molecular formula is C48H52N8O6. The molecule has 8 rings (SSSR count). The van der Waals surface area contributed by atoms with Gasteiger partial charge in [0.2, 0.25) is 5.91 Å². The van der Waals surface area contributed by atoms with E-state index in [1.165, 1.54) is 14.2 Å². The highest BCUT2D eigenvalue weighted by Gasteiger charge is 2.40. The summed E-state index contributed by atoms with van der Waals surface area (Å²) >= 11 is 0. The summed E-state index contributed by atoms with van der Waals surface area (Å²) in [6, 6.07) is 28.2. The molecule has 0 unspecified atom stereocenters. The number of aromatic amines is 2. The Kier molecular flexibility index (Phi) is 12.1. The van der Waals surface area contributed by atoms with Crippen molar-refractivity contribution >= 4 is 34.8 Å². The van der Waals surface area contributed by atoms with Crippen molar-refractivity contribution in [3.63, 3.8) is 0 Å². The van der Waals surface area contributed by atoms with Crippen molar-refractivity contribution in [1.29, 1.82) is 0 Å². The van der Waals surface area contributed by atoms with Crippen LogP contribution in [0.4, 0.5) is 9.59 Å². The third-order valence-electron chi connectivity index (χ3n) is 12.1. The number of methoxy groups -OCH3 is 2. The van der Waals surface area contributed by atoms with Crippen LogP contribution in [-0.4, -0.2) is 87.1 Å². The average molecular weight is 837 g/mol. The summed E-state index contributed by atoms with van der Waals surface area (Å²) in [6.07, 6.45) is 4.70.